The van der Waals surface area contributed by atoms with Crippen molar-refractivity contribution in [3.8, 4) is 0 Å². The first kappa shape index (κ1) is 11.2. The molecular formula is C12H12N4OS. The van der Waals surface area contributed by atoms with Crippen molar-refractivity contribution in [3.63, 3.8) is 0 Å². The minimum Gasteiger partial charge on any atom is -0.328 e. The average molecular weight is 260 g/mol. The van der Waals surface area contributed by atoms with Crippen molar-refractivity contribution in [1.29, 1.82) is 0 Å². The van der Waals surface area contributed by atoms with Gasteiger partial charge < -0.3 is 5.32 Å². The van der Waals surface area contributed by atoms with E-state index in [0.29, 0.717) is 12.4 Å². The normalized spacial score (nSPS) is 19.7. The monoisotopic (exact) mass is 260 g/mol. The lowest BCUT2D eigenvalue weighted by molar-refractivity contribution is -0.115. The number of rotatable bonds is 3. The van der Waals surface area contributed by atoms with Crippen LogP contribution >= 0.6 is 11.3 Å². The number of hydrogen-bond acceptors (Lipinski definition) is 5. The maximum absolute atomic E-state index is 11.7. The quantitative estimate of drug-likeness (QED) is 0.888. The second-order valence-electron chi connectivity index (χ2n) is 4.22. The molecule has 0 bridgehead atoms. The van der Waals surface area contributed by atoms with Crippen LogP contribution in [0.15, 0.2) is 35.6 Å². The zero-order valence-electron chi connectivity index (χ0n) is 9.59. The van der Waals surface area contributed by atoms with Crippen LogP contribution in [0.1, 0.15) is 23.6 Å². The Bertz CT molecular complexity index is 559. The molecule has 92 valence electrons. The summed E-state index contributed by atoms with van der Waals surface area (Å²) in [4.78, 5) is 17.0. The van der Waals surface area contributed by atoms with Crippen LogP contribution in [0, 0.1) is 0 Å². The van der Waals surface area contributed by atoms with E-state index >= 15 is 0 Å². The molecule has 0 saturated heterocycles. The molecule has 0 aromatic carbocycles. The van der Waals surface area contributed by atoms with E-state index in [0.717, 1.165) is 12.1 Å². The Morgan fingerprint density at radius 1 is 1.44 bits per heavy atom. The molecule has 1 atom stereocenters. The van der Waals surface area contributed by atoms with Crippen LogP contribution in [0.3, 0.4) is 0 Å². The fraction of sp³-hybridized carbons (Fsp3) is 0.250. The van der Waals surface area contributed by atoms with Gasteiger partial charge in [0.2, 0.25) is 5.95 Å². The Kier molecular flexibility index (Phi) is 2.93. The van der Waals surface area contributed by atoms with E-state index in [1.807, 2.05) is 11.4 Å². The number of ketones is 1. The van der Waals surface area contributed by atoms with E-state index in [9.17, 15) is 4.79 Å². The topological polar surface area (TPSA) is 70.7 Å². The van der Waals surface area contributed by atoms with Crippen molar-refractivity contribution in [1.82, 2.24) is 15.2 Å². The SMILES string of the molecule is O=C1C=C(Nc2ncn[nH]2)C[C@@H](c2cccs2)C1. The lowest BCUT2D eigenvalue weighted by atomic mass is 9.90. The van der Waals surface area contributed by atoms with Gasteiger partial charge >= 0.3 is 0 Å². The molecule has 2 aromatic heterocycles. The van der Waals surface area contributed by atoms with E-state index in [-0.39, 0.29) is 11.7 Å². The van der Waals surface area contributed by atoms with Gasteiger partial charge in [-0.05, 0) is 17.9 Å². The first-order chi connectivity index (χ1) is 8.81. The number of carbonyl (C=O) groups excluding carboxylic acids is 1. The summed E-state index contributed by atoms with van der Waals surface area (Å²) in [6, 6.07) is 4.10. The first-order valence-corrected chi connectivity index (χ1v) is 6.58. The van der Waals surface area contributed by atoms with E-state index in [1.54, 1.807) is 17.4 Å². The molecule has 0 fully saturated rings. The van der Waals surface area contributed by atoms with Crippen molar-refractivity contribution in [3.05, 3.63) is 40.5 Å². The fourth-order valence-electron chi connectivity index (χ4n) is 2.12. The maximum atomic E-state index is 11.7. The van der Waals surface area contributed by atoms with E-state index in [4.69, 9.17) is 0 Å². The number of anilines is 1. The van der Waals surface area contributed by atoms with Crippen LogP contribution in [-0.2, 0) is 4.79 Å². The third-order valence-electron chi connectivity index (χ3n) is 2.89. The lowest BCUT2D eigenvalue weighted by Crippen LogP contribution is -2.16. The number of nitrogens with one attached hydrogen (secondary N) is 2. The molecule has 0 aliphatic heterocycles. The average Bonchev–Trinajstić information content (AvgIpc) is 3.00. The van der Waals surface area contributed by atoms with Crippen molar-refractivity contribution < 1.29 is 4.79 Å². The number of carbonyl (C=O) groups is 1. The molecule has 0 saturated carbocycles. The molecule has 0 spiro atoms. The Balaban J connectivity index is 1.77. The molecule has 5 nitrogen and oxygen atoms in total. The molecular weight excluding hydrogens is 248 g/mol. The van der Waals surface area contributed by atoms with Gasteiger partial charge in [0, 0.05) is 29.0 Å². The molecule has 18 heavy (non-hydrogen) atoms. The molecule has 0 radical (unpaired) electrons. The zero-order valence-corrected chi connectivity index (χ0v) is 10.4. The second kappa shape index (κ2) is 4.73. The number of thiophene rings is 1. The van der Waals surface area contributed by atoms with Gasteiger partial charge in [-0.15, -0.1) is 11.3 Å². The van der Waals surface area contributed by atoms with Gasteiger partial charge in [0.1, 0.15) is 6.33 Å². The van der Waals surface area contributed by atoms with Crippen LogP contribution in [0.2, 0.25) is 0 Å². The fourth-order valence-corrected chi connectivity index (χ4v) is 2.95. The number of aromatic nitrogens is 3. The van der Waals surface area contributed by atoms with Crippen LogP contribution in [-0.4, -0.2) is 21.0 Å². The summed E-state index contributed by atoms with van der Waals surface area (Å²) in [5.74, 6) is 0.996. The third kappa shape index (κ3) is 2.33. The molecule has 3 rings (SSSR count). The van der Waals surface area contributed by atoms with Gasteiger partial charge in [-0.2, -0.15) is 10.1 Å². The Morgan fingerprint density at radius 2 is 2.39 bits per heavy atom. The van der Waals surface area contributed by atoms with Gasteiger partial charge in [0.05, 0.1) is 0 Å². The molecule has 2 heterocycles. The summed E-state index contributed by atoms with van der Waals surface area (Å²) in [5.41, 5.74) is 0.890. The van der Waals surface area contributed by atoms with Gasteiger partial charge in [0.15, 0.2) is 5.78 Å². The van der Waals surface area contributed by atoms with E-state index in [2.05, 4.69) is 26.6 Å². The third-order valence-corrected chi connectivity index (χ3v) is 3.92. The lowest BCUT2D eigenvalue weighted by Gasteiger charge is -2.21. The van der Waals surface area contributed by atoms with Crippen LogP contribution in [0.5, 0.6) is 0 Å². The highest BCUT2D eigenvalue weighted by molar-refractivity contribution is 7.10. The molecule has 1 aliphatic carbocycles. The van der Waals surface area contributed by atoms with E-state index in [1.165, 1.54) is 11.2 Å². The van der Waals surface area contributed by atoms with Crippen LogP contribution in [0.4, 0.5) is 5.95 Å². The minimum atomic E-state index is 0.154. The van der Waals surface area contributed by atoms with Gasteiger partial charge in [-0.3, -0.25) is 4.79 Å². The highest BCUT2D eigenvalue weighted by atomic mass is 32.1. The zero-order chi connectivity index (χ0) is 12.4. The number of hydrogen-bond donors (Lipinski definition) is 2. The standard InChI is InChI=1S/C12H12N4OS/c17-10-5-8(11-2-1-3-18-11)4-9(6-10)15-12-13-7-14-16-12/h1-3,6-8H,4-5H2,(H2,13,14,15,16)/t8-/m1/s1. The van der Waals surface area contributed by atoms with Crippen molar-refractivity contribution >= 4 is 23.1 Å². The van der Waals surface area contributed by atoms with Gasteiger partial charge in [0.25, 0.3) is 0 Å². The second-order valence-corrected chi connectivity index (χ2v) is 5.19. The van der Waals surface area contributed by atoms with Crippen molar-refractivity contribution in [2.45, 2.75) is 18.8 Å². The van der Waals surface area contributed by atoms with Gasteiger partial charge in [-0.25, -0.2) is 5.10 Å². The molecule has 6 heteroatoms. The summed E-state index contributed by atoms with van der Waals surface area (Å²) in [7, 11) is 0. The van der Waals surface area contributed by atoms with Crippen molar-refractivity contribution in [2.24, 2.45) is 0 Å². The molecule has 0 amide bonds. The van der Waals surface area contributed by atoms with Crippen LogP contribution in [0.25, 0.3) is 0 Å². The molecule has 1 aliphatic rings. The first-order valence-electron chi connectivity index (χ1n) is 5.70. The summed E-state index contributed by atoms with van der Waals surface area (Å²) in [6.45, 7) is 0. The highest BCUT2D eigenvalue weighted by Gasteiger charge is 2.23. The largest absolute Gasteiger partial charge is 0.328 e. The Labute approximate surface area is 108 Å². The Hall–Kier alpha value is -1.95. The number of aromatic amines is 1. The van der Waals surface area contributed by atoms with Crippen molar-refractivity contribution in [2.75, 3.05) is 5.32 Å². The highest BCUT2D eigenvalue weighted by Crippen LogP contribution is 2.33. The predicted octanol–water partition coefficient (Wildman–Crippen LogP) is 2.31. The number of nitrogens with zero attached hydrogens (tertiary/aromatic N) is 2. The van der Waals surface area contributed by atoms with Crippen LogP contribution < -0.4 is 5.32 Å². The summed E-state index contributed by atoms with van der Waals surface area (Å²) in [6.07, 6.45) is 4.51. The molecule has 2 aromatic rings. The predicted molar refractivity (Wildman–Crippen MR) is 69.4 cm³/mol. The van der Waals surface area contributed by atoms with E-state index < -0.39 is 0 Å². The minimum absolute atomic E-state index is 0.154. The summed E-state index contributed by atoms with van der Waals surface area (Å²) < 4.78 is 0. The number of allylic oxidation sites excluding steroid dienone is 2. The Morgan fingerprint density at radius 3 is 3.11 bits per heavy atom. The summed E-state index contributed by atoms with van der Waals surface area (Å²) in [5, 5.41) is 11.6. The van der Waals surface area contributed by atoms with Gasteiger partial charge in [-0.1, -0.05) is 6.07 Å². The molecule has 0 unspecified atom stereocenters. The smallest absolute Gasteiger partial charge is 0.222 e. The number of H-pyrrole nitrogens is 1. The molecule has 2 N–H and O–H groups in total. The maximum Gasteiger partial charge on any atom is 0.222 e. The summed E-state index contributed by atoms with van der Waals surface area (Å²) >= 11 is 1.70.